The Kier molecular flexibility index (Phi) is 4.75. The highest BCUT2D eigenvalue weighted by atomic mass is 16.6. The van der Waals surface area contributed by atoms with Crippen LogP contribution < -0.4 is 10.6 Å². The first-order chi connectivity index (χ1) is 14.5. The third kappa shape index (κ3) is 3.93. The minimum Gasteiger partial charge on any atom is -0.446 e. The summed E-state index contributed by atoms with van der Waals surface area (Å²) in [5, 5.41) is 16.8. The zero-order valence-electron chi connectivity index (χ0n) is 17.1. The summed E-state index contributed by atoms with van der Waals surface area (Å²) in [6.07, 6.45) is 7.04. The molecule has 9 heteroatoms. The summed E-state index contributed by atoms with van der Waals surface area (Å²) in [6.45, 7) is 1.81. The van der Waals surface area contributed by atoms with Gasteiger partial charge in [0.25, 0.3) is 0 Å². The van der Waals surface area contributed by atoms with Gasteiger partial charge in [0.1, 0.15) is 11.9 Å². The van der Waals surface area contributed by atoms with Gasteiger partial charge in [0, 0.05) is 29.8 Å². The molecule has 0 radical (unpaired) electrons. The maximum atomic E-state index is 12.2. The predicted molar refractivity (Wildman–Crippen MR) is 107 cm³/mol. The van der Waals surface area contributed by atoms with E-state index in [1.165, 1.54) is 19.3 Å². The highest BCUT2D eigenvalue weighted by Crippen LogP contribution is 2.60. The molecule has 3 aliphatic rings. The largest absolute Gasteiger partial charge is 0.446 e. The topological polar surface area (TPSA) is 122 Å². The Balaban J connectivity index is 1.09. The Morgan fingerprint density at radius 2 is 2.13 bits per heavy atom. The molecule has 0 bridgehead atoms. The molecule has 3 fully saturated rings. The maximum Gasteiger partial charge on any atom is 0.407 e. The van der Waals surface area contributed by atoms with Crippen molar-refractivity contribution in [2.24, 2.45) is 5.41 Å². The fourth-order valence-electron chi connectivity index (χ4n) is 4.79. The van der Waals surface area contributed by atoms with Crippen LogP contribution >= 0.6 is 0 Å². The quantitative estimate of drug-likeness (QED) is 0.668. The molecule has 2 aromatic rings. The van der Waals surface area contributed by atoms with E-state index in [2.05, 4.69) is 26.0 Å². The number of amides is 2. The molecule has 3 atom stereocenters. The molecule has 1 unspecified atom stereocenters. The molecule has 3 aliphatic carbocycles. The van der Waals surface area contributed by atoms with Crippen LogP contribution in [0.4, 0.5) is 10.6 Å². The van der Waals surface area contributed by atoms with Crippen LogP contribution in [0.15, 0.2) is 16.7 Å². The van der Waals surface area contributed by atoms with Crippen molar-refractivity contribution in [2.75, 3.05) is 5.32 Å². The van der Waals surface area contributed by atoms with Gasteiger partial charge in [0.05, 0.1) is 12.1 Å². The van der Waals surface area contributed by atoms with Crippen LogP contribution in [0.1, 0.15) is 68.0 Å². The number of anilines is 1. The maximum absolute atomic E-state index is 12.2. The number of H-pyrrole nitrogens is 1. The molecular weight excluding hydrogens is 386 g/mol. The molecule has 160 valence electrons. The Labute approximate surface area is 174 Å². The summed E-state index contributed by atoms with van der Waals surface area (Å²) in [4.78, 5) is 24.4. The van der Waals surface area contributed by atoms with Crippen molar-refractivity contribution in [1.82, 2.24) is 20.7 Å². The Morgan fingerprint density at radius 3 is 2.83 bits per heavy atom. The van der Waals surface area contributed by atoms with Crippen molar-refractivity contribution < 1.29 is 18.8 Å². The van der Waals surface area contributed by atoms with Crippen LogP contribution in [0, 0.1) is 12.3 Å². The molecule has 5 rings (SSSR count). The van der Waals surface area contributed by atoms with E-state index in [9.17, 15) is 9.59 Å². The van der Waals surface area contributed by atoms with E-state index >= 15 is 0 Å². The first kappa shape index (κ1) is 19.1. The van der Waals surface area contributed by atoms with Gasteiger partial charge >= 0.3 is 6.09 Å². The molecule has 3 N–H and O–H groups in total. The second-order valence-electron chi connectivity index (χ2n) is 9.00. The first-order valence-corrected chi connectivity index (χ1v) is 10.7. The highest BCUT2D eigenvalue weighted by Gasteiger charge is 2.56. The van der Waals surface area contributed by atoms with Gasteiger partial charge in [0.15, 0.2) is 5.82 Å². The van der Waals surface area contributed by atoms with Gasteiger partial charge < -0.3 is 19.9 Å². The number of aryl methyl sites for hydroxylation is 1. The van der Waals surface area contributed by atoms with Crippen molar-refractivity contribution in [3.05, 3.63) is 29.3 Å². The monoisotopic (exact) mass is 413 g/mol. The molecule has 2 heterocycles. The number of rotatable bonds is 6. The van der Waals surface area contributed by atoms with Gasteiger partial charge in [-0.3, -0.25) is 9.89 Å². The van der Waals surface area contributed by atoms with E-state index < -0.39 is 0 Å². The van der Waals surface area contributed by atoms with Crippen molar-refractivity contribution in [2.45, 2.75) is 76.4 Å². The Morgan fingerprint density at radius 1 is 1.27 bits per heavy atom. The summed E-state index contributed by atoms with van der Waals surface area (Å²) in [7, 11) is 0. The van der Waals surface area contributed by atoms with Crippen LogP contribution in [-0.2, 0) is 16.0 Å². The predicted octanol–water partition coefficient (Wildman–Crippen LogP) is 3.19. The molecule has 3 saturated carbocycles. The molecular formula is C21H27N5O4. The number of alkyl carbamates (subject to hydrolysis) is 1. The fourth-order valence-corrected chi connectivity index (χ4v) is 4.79. The number of carbonyl (C=O) groups is 2. The second-order valence-corrected chi connectivity index (χ2v) is 9.00. The molecule has 9 nitrogen and oxygen atoms in total. The van der Waals surface area contributed by atoms with E-state index in [0.717, 1.165) is 37.1 Å². The SMILES string of the molecule is Cc1cc(CC(=O)Nc2cc([C@H]3CC[C@@H](OC(=O)NC4CCC45CC5)C3)[nH]n2)on1. The van der Waals surface area contributed by atoms with E-state index in [1.54, 1.807) is 6.07 Å². The molecule has 0 aliphatic heterocycles. The minimum absolute atomic E-state index is 0.0822. The Bertz CT molecular complexity index is 947. The summed E-state index contributed by atoms with van der Waals surface area (Å²) in [6, 6.07) is 3.89. The zero-order chi connectivity index (χ0) is 20.7. The zero-order valence-corrected chi connectivity index (χ0v) is 17.1. The Hall–Kier alpha value is -2.84. The van der Waals surface area contributed by atoms with Gasteiger partial charge in [-0.2, -0.15) is 5.10 Å². The smallest absolute Gasteiger partial charge is 0.407 e. The summed E-state index contributed by atoms with van der Waals surface area (Å²) in [5.41, 5.74) is 2.09. The van der Waals surface area contributed by atoms with Crippen LogP contribution in [0.3, 0.4) is 0 Å². The number of aromatic nitrogens is 3. The number of nitrogens with one attached hydrogen (secondary N) is 3. The van der Waals surface area contributed by atoms with Crippen LogP contribution in [-0.4, -0.2) is 39.5 Å². The molecule has 2 amide bonds. The number of nitrogens with zero attached hydrogens (tertiary/aromatic N) is 2. The fraction of sp³-hybridized carbons (Fsp3) is 0.619. The molecule has 0 saturated heterocycles. The van der Waals surface area contributed by atoms with Crippen molar-refractivity contribution in [3.8, 4) is 0 Å². The van der Waals surface area contributed by atoms with Gasteiger partial charge in [0.2, 0.25) is 5.91 Å². The van der Waals surface area contributed by atoms with Gasteiger partial charge in [-0.1, -0.05) is 5.16 Å². The lowest BCUT2D eigenvalue weighted by Gasteiger charge is -2.37. The second kappa shape index (κ2) is 7.45. The molecule has 1 spiro atoms. The van der Waals surface area contributed by atoms with Gasteiger partial charge in [-0.25, -0.2) is 4.79 Å². The standard InChI is InChI=1S/C21H27N5O4/c1-12-8-15(30-26-12)10-19(27)23-18-11-16(24-25-18)13-2-3-14(9-13)29-20(28)22-17-4-5-21(17)6-7-21/h8,11,13-14,17H,2-7,9-10H2,1H3,(H,22,28)(H2,23,24,25,27)/t13-,14+,17?/m0/s1. The number of carbonyl (C=O) groups excluding carboxylic acids is 2. The lowest BCUT2D eigenvalue weighted by Crippen LogP contribution is -2.48. The molecule has 2 aromatic heterocycles. The third-order valence-electron chi connectivity index (χ3n) is 6.83. The molecule has 30 heavy (non-hydrogen) atoms. The number of ether oxygens (including phenoxy) is 1. The third-order valence-corrected chi connectivity index (χ3v) is 6.83. The first-order valence-electron chi connectivity index (χ1n) is 10.7. The van der Waals surface area contributed by atoms with Crippen LogP contribution in [0.5, 0.6) is 0 Å². The van der Waals surface area contributed by atoms with E-state index in [4.69, 9.17) is 9.26 Å². The lowest BCUT2D eigenvalue weighted by molar-refractivity contribution is -0.115. The lowest BCUT2D eigenvalue weighted by atomic mass is 9.76. The molecule has 0 aromatic carbocycles. The van der Waals surface area contributed by atoms with Crippen LogP contribution in [0.25, 0.3) is 0 Å². The highest BCUT2D eigenvalue weighted by molar-refractivity contribution is 5.91. The number of aromatic amines is 1. The average molecular weight is 413 g/mol. The normalized spacial score (nSPS) is 26.2. The summed E-state index contributed by atoms with van der Waals surface area (Å²) < 4.78 is 10.7. The van der Waals surface area contributed by atoms with Gasteiger partial charge in [-0.15, -0.1) is 0 Å². The minimum atomic E-state index is -0.281. The summed E-state index contributed by atoms with van der Waals surface area (Å²) >= 11 is 0. The average Bonchev–Trinajstić information content (AvgIpc) is 2.98. The summed E-state index contributed by atoms with van der Waals surface area (Å²) in [5.74, 6) is 1.02. The van der Waals surface area contributed by atoms with Gasteiger partial charge in [-0.05, 0) is 57.3 Å². The van der Waals surface area contributed by atoms with E-state index in [0.29, 0.717) is 23.0 Å². The van der Waals surface area contributed by atoms with Crippen LogP contribution in [0.2, 0.25) is 0 Å². The van der Waals surface area contributed by atoms with E-state index in [-0.39, 0.29) is 30.4 Å². The van der Waals surface area contributed by atoms with E-state index in [1.807, 2.05) is 13.0 Å². The van der Waals surface area contributed by atoms with Crippen molar-refractivity contribution in [3.63, 3.8) is 0 Å². The number of hydrogen-bond acceptors (Lipinski definition) is 6. The van der Waals surface area contributed by atoms with Crippen molar-refractivity contribution >= 4 is 17.8 Å². The number of hydrogen-bond donors (Lipinski definition) is 3. The van der Waals surface area contributed by atoms with Crippen molar-refractivity contribution in [1.29, 1.82) is 0 Å².